The van der Waals surface area contributed by atoms with Crippen molar-refractivity contribution >= 4 is 12.9 Å². The molecule has 2 saturated heterocycles. The molecule has 8 heteroatoms. The molecule has 0 spiro atoms. The van der Waals surface area contributed by atoms with Crippen LogP contribution < -0.4 is 4.90 Å². The molecule has 0 N–H and O–H groups in total. The van der Waals surface area contributed by atoms with E-state index >= 15 is 0 Å². The SMILES string of the molecule is COCc1cc(N2CCC(=C(F)B3OC(C)(C)C(C)(C)O3)CC2)ncn1. The van der Waals surface area contributed by atoms with Crippen molar-refractivity contribution in [2.75, 3.05) is 25.1 Å². The summed E-state index contributed by atoms with van der Waals surface area (Å²) in [5.41, 5.74) is 0.267. The van der Waals surface area contributed by atoms with E-state index in [1.165, 1.54) is 0 Å². The molecule has 0 aliphatic carbocycles. The number of anilines is 1. The van der Waals surface area contributed by atoms with Crippen LogP contribution in [0.2, 0.25) is 0 Å². The molecule has 3 rings (SSSR count). The van der Waals surface area contributed by atoms with Gasteiger partial charge in [0.2, 0.25) is 0 Å². The highest BCUT2D eigenvalue weighted by atomic mass is 19.1. The van der Waals surface area contributed by atoms with Gasteiger partial charge in [-0.05, 0) is 46.1 Å². The normalized spacial score (nSPS) is 22.0. The zero-order valence-electron chi connectivity index (χ0n) is 16.2. The third-order valence-corrected chi connectivity index (χ3v) is 5.49. The second-order valence-corrected chi connectivity index (χ2v) is 7.83. The van der Waals surface area contributed by atoms with Crippen molar-refractivity contribution in [3.8, 4) is 0 Å². The van der Waals surface area contributed by atoms with E-state index < -0.39 is 18.3 Å². The largest absolute Gasteiger partial charge is 0.525 e. The van der Waals surface area contributed by atoms with Crippen LogP contribution in [0.15, 0.2) is 23.7 Å². The van der Waals surface area contributed by atoms with Gasteiger partial charge in [-0.3, -0.25) is 0 Å². The van der Waals surface area contributed by atoms with Gasteiger partial charge < -0.3 is 18.9 Å². The summed E-state index contributed by atoms with van der Waals surface area (Å²) in [4.78, 5) is 10.7. The Bertz CT molecular complexity index is 670. The fourth-order valence-corrected chi connectivity index (χ4v) is 3.14. The van der Waals surface area contributed by atoms with Crippen molar-refractivity contribution < 1.29 is 18.4 Å². The molecule has 1 aromatic heterocycles. The topological polar surface area (TPSA) is 56.7 Å². The maximum absolute atomic E-state index is 14.9. The summed E-state index contributed by atoms with van der Waals surface area (Å²) >= 11 is 0. The molecule has 0 saturated carbocycles. The lowest BCUT2D eigenvalue weighted by Crippen LogP contribution is -2.41. The van der Waals surface area contributed by atoms with E-state index in [1.54, 1.807) is 13.4 Å². The highest BCUT2D eigenvalue weighted by molar-refractivity contribution is 6.53. The quantitative estimate of drug-likeness (QED) is 0.767. The maximum Gasteiger partial charge on any atom is 0.525 e. The summed E-state index contributed by atoms with van der Waals surface area (Å²) in [5, 5.41) is 0. The lowest BCUT2D eigenvalue weighted by atomic mass is 9.82. The van der Waals surface area contributed by atoms with E-state index in [-0.39, 0.29) is 5.73 Å². The molecule has 26 heavy (non-hydrogen) atoms. The predicted molar refractivity (Wildman–Crippen MR) is 98.4 cm³/mol. The minimum atomic E-state index is -0.908. The Kier molecular flexibility index (Phi) is 5.37. The zero-order valence-corrected chi connectivity index (χ0v) is 16.2. The van der Waals surface area contributed by atoms with Crippen molar-refractivity contribution in [2.24, 2.45) is 0 Å². The molecular weight excluding hydrogens is 336 g/mol. The summed E-state index contributed by atoms with van der Waals surface area (Å²) in [6.45, 7) is 9.57. The van der Waals surface area contributed by atoms with E-state index in [0.717, 1.165) is 17.1 Å². The first-order valence-electron chi connectivity index (χ1n) is 9.01. The van der Waals surface area contributed by atoms with Gasteiger partial charge in [0.25, 0.3) is 0 Å². The molecular formula is C18H27BFN3O3. The summed E-state index contributed by atoms with van der Waals surface area (Å²) < 4.78 is 31.7. The third-order valence-electron chi connectivity index (χ3n) is 5.49. The molecule has 0 aromatic carbocycles. The Morgan fingerprint density at radius 1 is 1.19 bits per heavy atom. The molecule has 2 aliphatic heterocycles. The van der Waals surface area contributed by atoms with Crippen molar-refractivity contribution in [2.45, 2.75) is 58.3 Å². The summed E-state index contributed by atoms with van der Waals surface area (Å²) in [6.07, 6.45) is 2.79. The van der Waals surface area contributed by atoms with Crippen LogP contribution in [0, 0.1) is 0 Å². The van der Waals surface area contributed by atoms with E-state index in [2.05, 4.69) is 14.9 Å². The van der Waals surface area contributed by atoms with Crippen molar-refractivity contribution in [1.82, 2.24) is 9.97 Å². The molecule has 2 fully saturated rings. The van der Waals surface area contributed by atoms with E-state index in [4.69, 9.17) is 14.0 Å². The fourth-order valence-electron chi connectivity index (χ4n) is 3.14. The van der Waals surface area contributed by atoms with Crippen molar-refractivity contribution in [3.63, 3.8) is 0 Å². The van der Waals surface area contributed by atoms with Crippen LogP contribution in [-0.4, -0.2) is 48.5 Å². The van der Waals surface area contributed by atoms with Crippen LogP contribution in [0.1, 0.15) is 46.2 Å². The van der Waals surface area contributed by atoms with Gasteiger partial charge in [0.15, 0.2) is 0 Å². The Morgan fingerprint density at radius 3 is 2.38 bits per heavy atom. The molecule has 0 atom stereocenters. The molecule has 142 valence electrons. The van der Waals surface area contributed by atoms with Gasteiger partial charge in [-0.2, -0.15) is 0 Å². The number of nitrogens with zero attached hydrogens (tertiary/aromatic N) is 3. The summed E-state index contributed by atoms with van der Waals surface area (Å²) in [5.74, 6) is 0.849. The van der Waals surface area contributed by atoms with Crippen molar-refractivity contribution in [3.05, 3.63) is 29.4 Å². The van der Waals surface area contributed by atoms with Gasteiger partial charge in [-0.1, -0.05) is 0 Å². The highest BCUT2D eigenvalue weighted by Crippen LogP contribution is 2.40. The first-order chi connectivity index (χ1) is 12.2. The molecule has 2 aliphatic rings. The average molecular weight is 363 g/mol. The van der Waals surface area contributed by atoms with Gasteiger partial charge in [0.1, 0.15) is 17.9 Å². The lowest BCUT2D eigenvalue weighted by molar-refractivity contribution is 0.00578. The Labute approximate surface area is 154 Å². The number of halogens is 1. The number of ether oxygens (including phenoxy) is 1. The number of piperidine rings is 1. The van der Waals surface area contributed by atoms with Crippen LogP contribution in [0.5, 0.6) is 0 Å². The van der Waals surface area contributed by atoms with Gasteiger partial charge in [0.05, 0.1) is 23.5 Å². The first kappa shape index (κ1) is 19.3. The standard InChI is InChI=1S/C18H27BFN3O3/c1-17(2)18(3,4)26-19(25-17)16(20)13-6-8-23(9-7-13)15-10-14(11-24-5)21-12-22-15/h10,12H,6-9,11H2,1-5H3. The van der Waals surface area contributed by atoms with Gasteiger partial charge in [-0.15, -0.1) is 0 Å². The first-order valence-corrected chi connectivity index (χ1v) is 9.01. The minimum Gasteiger partial charge on any atom is -0.398 e. The van der Waals surface area contributed by atoms with Crippen LogP contribution >= 0.6 is 0 Å². The number of aromatic nitrogens is 2. The number of methoxy groups -OCH3 is 1. The Balaban J connectivity index is 1.66. The van der Waals surface area contributed by atoms with Gasteiger partial charge in [0, 0.05) is 26.3 Å². The maximum atomic E-state index is 14.9. The van der Waals surface area contributed by atoms with Crippen LogP contribution in [0.3, 0.4) is 0 Å². The van der Waals surface area contributed by atoms with Gasteiger partial charge >= 0.3 is 7.12 Å². The summed E-state index contributed by atoms with van der Waals surface area (Å²) in [7, 11) is 0.729. The fraction of sp³-hybridized carbons (Fsp3) is 0.667. The number of rotatable bonds is 4. The summed E-state index contributed by atoms with van der Waals surface area (Å²) in [6, 6.07) is 1.92. The van der Waals surface area contributed by atoms with Crippen LogP contribution in [-0.2, 0) is 20.7 Å². The molecule has 6 nitrogen and oxygen atoms in total. The smallest absolute Gasteiger partial charge is 0.398 e. The molecule has 1 aromatic rings. The molecule has 0 bridgehead atoms. The van der Waals surface area contributed by atoms with Gasteiger partial charge in [-0.25, -0.2) is 14.4 Å². The predicted octanol–water partition coefficient (Wildman–Crippen LogP) is 3.08. The van der Waals surface area contributed by atoms with Crippen molar-refractivity contribution in [1.29, 1.82) is 0 Å². The van der Waals surface area contributed by atoms with E-state index in [0.29, 0.717) is 32.5 Å². The highest BCUT2D eigenvalue weighted by Gasteiger charge is 2.53. The second-order valence-electron chi connectivity index (χ2n) is 7.83. The number of hydrogen-bond acceptors (Lipinski definition) is 6. The van der Waals surface area contributed by atoms with E-state index in [1.807, 2.05) is 33.8 Å². The average Bonchev–Trinajstić information content (AvgIpc) is 2.83. The molecule has 0 amide bonds. The minimum absolute atomic E-state index is 0.272. The van der Waals surface area contributed by atoms with E-state index in [9.17, 15) is 4.39 Å². The Morgan fingerprint density at radius 2 is 1.81 bits per heavy atom. The Hall–Kier alpha value is -1.51. The monoisotopic (exact) mass is 363 g/mol. The molecule has 0 radical (unpaired) electrons. The zero-order chi connectivity index (χ0) is 18.9. The molecule has 0 unspecified atom stereocenters. The lowest BCUT2D eigenvalue weighted by Gasteiger charge is -2.32. The second kappa shape index (κ2) is 7.25. The van der Waals surface area contributed by atoms with Crippen LogP contribution in [0.25, 0.3) is 0 Å². The number of hydrogen-bond donors (Lipinski definition) is 0. The third kappa shape index (κ3) is 3.77. The van der Waals surface area contributed by atoms with Crippen LogP contribution in [0.4, 0.5) is 10.2 Å². The molecule has 3 heterocycles.